The molecule has 0 aliphatic heterocycles. The third kappa shape index (κ3) is 6.87. The van der Waals surface area contributed by atoms with Gasteiger partial charge >= 0.3 is 0 Å². The molecule has 1 atom stereocenters. The van der Waals surface area contributed by atoms with E-state index in [9.17, 15) is 8.42 Å². The van der Waals surface area contributed by atoms with Crippen LogP contribution in [0.1, 0.15) is 34.1 Å². The van der Waals surface area contributed by atoms with Crippen LogP contribution in [-0.4, -0.2) is 26.8 Å². The van der Waals surface area contributed by atoms with Crippen LogP contribution in [0.4, 0.5) is 0 Å². The van der Waals surface area contributed by atoms with Gasteiger partial charge in [-0.3, -0.25) is 0 Å². The molecule has 15 heavy (non-hydrogen) atoms. The minimum Gasteiger partial charge on any atom is -0.329 e. The quantitative estimate of drug-likeness (QED) is 0.691. The van der Waals surface area contributed by atoms with Crippen LogP contribution in [0.25, 0.3) is 0 Å². The van der Waals surface area contributed by atoms with Gasteiger partial charge in [-0.15, -0.1) is 0 Å². The van der Waals surface area contributed by atoms with E-state index in [1.54, 1.807) is 0 Å². The highest BCUT2D eigenvalue weighted by Crippen LogP contribution is 2.05. The van der Waals surface area contributed by atoms with Crippen molar-refractivity contribution < 1.29 is 8.42 Å². The van der Waals surface area contributed by atoms with E-state index in [1.807, 2.05) is 27.7 Å². The molecule has 0 saturated carbocycles. The number of hydrogen-bond acceptors (Lipinski definition) is 3. The Bertz CT molecular complexity index is 261. The van der Waals surface area contributed by atoms with Gasteiger partial charge in [0.15, 0.2) is 0 Å². The van der Waals surface area contributed by atoms with Crippen molar-refractivity contribution >= 4 is 10.0 Å². The molecule has 0 aliphatic rings. The lowest BCUT2D eigenvalue weighted by Crippen LogP contribution is -2.44. The first-order valence-electron chi connectivity index (χ1n) is 5.48. The lowest BCUT2D eigenvalue weighted by atomic mass is 10.1. The molecule has 0 radical (unpaired) electrons. The van der Waals surface area contributed by atoms with Gasteiger partial charge in [0.1, 0.15) is 0 Å². The number of nitrogens with two attached hydrogens (primary N) is 1. The molecule has 0 fully saturated rings. The van der Waals surface area contributed by atoms with Crippen molar-refractivity contribution in [1.82, 2.24) is 4.72 Å². The van der Waals surface area contributed by atoms with E-state index in [2.05, 4.69) is 4.72 Å². The molecule has 0 spiro atoms. The molecule has 4 nitrogen and oxygen atoms in total. The number of nitrogens with one attached hydrogen (secondary N) is 1. The Balaban J connectivity index is 4.23. The third-order valence-electron chi connectivity index (χ3n) is 2.35. The first-order chi connectivity index (χ1) is 6.78. The molecule has 0 amide bonds. The molecule has 0 aromatic rings. The first kappa shape index (κ1) is 14.9. The van der Waals surface area contributed by atoms with Crippen LogP contribution in [0.3, 0.4) is 0 Å². The zero-order valence-electron chi connectivity index (χ0n) is 10.2. The smallest absolute Gasteiger partial charge is 0.211 e. The molecule has 0 aliphatic carbocycles. The molecular weight excluding hydrogens is 212 g/mol. The largest absolute Gasteiger partial charge is 0.329 e. The molecule has 0 aromatic heterocycles. The SMILES string of the molecule is CC(C)CCS(=O)(=O)NC(CN)C(C)C. The monoisotopic (exact) mass is 236 g/mol. The van der Waals surface area contributed by atoms with Crippen molar-refractivity contribution in [3.8, 4) is 0 Å². The van der Waals surface area contributed by atoms with E-state index in [4.69, 9.17) is 5.73 Å². The van der Waals surface area contributed by atoms with Crippen LogP contribution in [-0.2, 0) is 10.0 Å². The third-order valence-corrected chi connectivity index (χ3v) is 3.79. The zero-order valence-corrected chi connectivity index (χ0v) is 11.0. The average molecular weight is 236 g/mol. The number of hydrogen-bond donors (Lipinski definition) is 2. The molecule has 0 aromatic carbocycles. The van der Waals surface area contributed by atoms with Crippen molar-refractivity contribution in [1.29, 1.82) is 0 Å². The topological polar surface area (TPSA) is 72.2 Å². The van der Waals surface area contributed by atoms with Gasteiger partial charge < -0.3 is 5.73 Å². The van der Waals surface area contributed by atoms with Crippen molar-refractivity contribution in [2.75, 3.05) is 12.3 Å². The Morgan fingerprint density at radius 3 is 2.07 bits per heavy atom. The summed E-state index contributed by atoms with van der Waals surface area (Å²) in [5.74, 6) is 0.814. The van der Waals surface area contributed by atoms with Crippen LogP contribution >= 0.6 is 0 Å². The molecule has 1 unspecified atom stereocenters. The van der Waals surface area contributed by atoms with Crippen LogP contribution in [0.15, 0.2) is 0 Å². The highest BCUT2D eigenvalue weighted by atomic mass is 32.2. The summed E-state index contributed by atoms with van der Waals surface area (Å²) in [5.41, 5.74) is 5.51. The Morgan fingerprint density at radius 2 is 1.73 bits per heavy atom. The highest BCUT2D eigenvalue weighted by molar-refractivity contribution is 7.89. The van der Waals surface area contributed by atoms with Crippen LogP contribution in [0.2, 0.25) is 0 Å². The average Bonchev–Trinajstić information content (AvgIpc) is 2.11. The molecule has 0 saturated heterocycles. The fourth-order valence-electron chi connectivity index (χ4n) is 1.14. The van der Waals surface area contributed by atoms with Crippen molar-refractivity contribution in [2.45, 2.75) is 40.2 Å². The van der Waals surface area contributed by atoms with Crippen molar-refractivity contribution in [2.24, 2.45) is 17.6 Å². The lowest BCUT2D eigenvalue weighted by Gasteiger charge is -2.20. The predicted octanol–water partition coefficient (Wildman–Crippen LogP) is 0.935. The van der Waals surface area contributed by atoms with E-state index >= 15 is 0 Å². The maximum atomic E-state index is 11.6. The summed E-state index contributed by atoms with van der Waals surface area (Å²) < 4.78 is 25.9. The fourth-order valence-corrected chi connectivity index (χ4v) is 2.87. The van der Waals surface area contributed by atoms with E-state index in [0.29, 0.717) is 18.9 Å². The fraction of sp³-hybridized carbons (Fsp3) is 1.00. The lowest BCUT2D eigenvalue weighted by molar-refractivity contribution is 0.453. The normalized spacial score (nSPS) is 14.9. The van der Waals surface area contributed by atoms with Gasteiger partial charge in [0.2, 0.25) is 10.0 Å². The minimum absolute atomic E-state index is 0.151. The van der Waals surface area contributed by atoms with Crippen LogP contribution in [0, 0.1) is 11.8 Å². The van der Waals surface area contributed by atoms with Gasteiger partial charge in [-0.25, -0.2) is 13.1 Å². The summed E-state index contributed by atoms with van der Waals surface area (Å²) in [7, 11) is -3.16. The van der Waals surface area contributed by atoms with E-state index in [0.717, 1.165) is 0 Å². The maximum absolute atomic E-state index is 11.6. The zero-order chi connectivity index (χ0) is 12.1. The Kier molecular flexibility index (Phi) is 6.40. The molecule has 92 valence electrons. The summed E-state index contributed by atoms with van der Waals surface area (Å²) in [4.78, 5) is 0. The minimum atomic E-state index is -3.16. The van der Waals surface area contributed by atoms with Gasteiger partial charge in [-0.1, -0.05) is 27.7 Å². The summed E-state index contributed by atoms with van der Waals surface area (Å²) in [5, 5.41) is 0. The molecular formula is C10H24N2O2S. The summed E-state index contributed by atoms with van der Waals surface area (Å²) >= 11 is 0. The van der Waals surface area contributed by atoms with Gasteiger partial charge in [0.05, 0.1) is 5.75 Å². The molecule has 0 rings (SSSR count). The van der Waals surface area contributed by atoms with E-state index in [1.165, 1.54) is 0 Å². The van der Waals surface area contributed by atoms with Gasteiger partial charge in [-0.05, 0) is 18.3 Å². The van der Waals surface area contributed by atoms with Crippen LogP contribution < -0.4 is 10.5 Å². The summed E-state index contributed by atoms with van der Waals surface area (Å²) in [6.07, 6.45) is 0.685. The standard InChI is InChI=1S/C10H24N2O2S/c1-8(2)5-6-15(13,14)12-10(7-11)9(3)4/h8-10,12H,5-7,11H2,1-4H3. The maximum Gasteiger partial charge on any atom is 0.211 e. The summed E-state index contributed by atoms with van der Waals surface area (Å²) in [6, 6.07) is -0.151. The summed E-state index contributed by atoms with van der Waals surface area (Å²) in [6.45, 7) is 8.29. The molecule has 0 heterocycles. The van der Waals surface area contributed by atoms with E-state index in [-0.39, 0.29) is 17.7 Å². The molecule has 5 heteroatoms. The first-order valence-corrected chi connectivity index (χ1v) is 7.13. The number of sulfonamides is 1. The molecule has 0 bridgehead atoms. The molecule has 3 N–H and O–H groups in total. The second-order valence-electron chi connectivity index (χ2n) is 4.71. The van der Waals surface area contributed by atoms with Crippen LogP contribution in [0.5, 0.6) is 0 Å². The number of rotatable bonds is 7. The highest BCUT2D eigenvalue weighted by Gasteiger charge is 2.19. The Labute approximate surface area is 93.7 Å². The van der Waals surface area contributed by atoms with Crippen molar-refractivity contribution in [3.05, 3.63) is 0 Å². The van der Waals surface area contributed by atoms with Gasteiger partial charge in [0, 0.05) is 12.6 Å². The Hall–Kier alpha value is -0.130. The Morgan fingerprint density at radius 1 is 1.20 bits per heavy atom. The second-order valence-corrected chi connectivity index (χ2v) is 6.58. The van der Waals surface area contributed by atoms with Gasteiger partial charge in [-0.2, -0.15) is 0 Å². The predicted molar refractivity (Wildman–Crippen MR) is 64.1 cm³/mol. The van der Waals surface area contributed by atoms with E-state index < -0.39 is 10.0 Å². The van der Waals surface area contributed by atoms with Crippen molar-refractivity contribution in [3.63, 3.8) is 0 Å². The van der Waals surface area contributed by atoms with Gasteiger partial charge in [0.25, 0.3) is 0 Å². The second kappa shape index (κ2) is 6.45.